The number of thiophene rings is 1. The third-order valence-electron chi connectivity index (χ3n) is 4.95. The zero-order valence-corrected chi connectivity index (χ0v) is 17.1. The third kappa shape index (κ3) is 5.81. The quantitative estimate of drug-likeness (QED) is 0.669. The highest BCUT2D eigenvalue weighted by atomic mass is 32.1. The van der Waals surface area contributed by atoms with Gasteiger partial charge in [0.05, 0.1) is 4.88 Å². The van der Waals surface area contributed by atoms with Gasteiger partial charge in [0.25, 0.3) is 5.91 Å². The lowest BCUT2D eigenvalue weighted by atomic mass is 10.2. The molecule has 2 heterocycles. The SMILES string of the molecule is CCN1CCN(c2ccc(NC(=O)CCCNC(=O)c3cccs3)cc2)CC1. The molecule has 0 bridgehead atoms. The number of anilines is 2. The molecule has 1 aliphatic rings. The van der Waals surface area contributed by atoms with Crippen LogP contribution in [0.5, 0.6) is 0 Å². The second-order valence-electron chi connectivity index (χ2n) is 6.85. The number of hydrogen-bond acceptors (Lipinski definition) is 5. The molecule has 1 fully saturated rings. The van der Waals surface area contributed by atoms with Crippen molar-refractivity contribution in [1.82, 2.24) is 10.2 Å². The van der Waals surface area contributed by atoms with Crippen LogP contribution in [0, 0.1) is 0 Å². The van der Waals surface area contributed by atoms with Gasteiger partial charge in [0.15, 0.2) is 0 Å². The maximum atomic E-state index is 12.1. The lowest BCUT2D eigenvalue weighted by Gasteiger charge is -2.35. The summed E-state index contributed by atoms with van der Waals surface area (Å²) >= 11 is 1.41. The van der Waals surface area contributed by atoms with E-state index in [2.05, 4.69) is 39.5 Å². The van der Waals surface area contributed by atoms with E-state index in [4.69, 9.17) is 0 Å². The van der Waals surface area contributed by atoms with Crippen molar-refractivity contribution in [2.75, 3.05) is 49.5 Å². The zero-order valence-electron chi connectivity index (χ0n) is 16.3. The van der Waals surface area contributed by atoms with Crippen LogP contribution in [0.3, 0.4) is 0 Å². The Bertz CT molecular complexity index is 753. The topological polar surface area (TPSA) is 64.7 Å². The first-order valence-electron chi connectivity index (χ1n) is 9.84. The number of nitrogens with one attached hydrogen (secondary N) is 2. The summed E-state index contributed by atoms with van der Waals surface area (Å²) in [6.07, 6.45) is 0.994. The van der Waals surface area contributed by atoms with E-state index in [1.54, 1.807) is 6.07 Å². The molecule has 2 amide bonds. The van der Waals surface area contributed by atoms with Gasteiger partial charge < -0.3 is 20.4 Å². The maximum Gasteiger partial charge on any atom is 0.261 e. The fourth-order valence-corrected chi connectivity index (χ4v) is 3.89. The van der Waals surface area contributed by atoms with Gasteiger partial charge in [0, 0.05) is 50.5 Å². The standard InChI is InChI=1S/C21H28N4O2S/c1-2-24-12-14-25(15-13-24)18-9-7-17(8-10-18)23-20(26)6-3-11-22-21(27)19-5-4-16-28-19/h4-5,7-10,16H,2-3,6,11-15H2,1H3,(H,22,27)(H,23,26). The van der Waals surface area contributed by atoms with Gasteiger partial charge in [0.2, 0.25) is 5.91 Å². The van der Waals surface area contributed by atoms with E-state index in [9.17, 15) is 9.59 Å². The summed E-state index contributed by atoms with van der Waals surface area (Å²) in [4.78, 5) is 29.5. The second-order valence-corrected chi connectivity index (χ2v) is 7.80. The van der Waals surface area contributed by atoms with E-state index < -0.39 is 0 Å². The molecule has 0 atom stereocenters. The molecule has 6 nitrogen and oxygen atoms in total. The maximum absolute atomic E-state index is 12.1. The van der Waals surface area contributed by atoms with Crippen molar-refractivity contribution >= 4 is 34.5 Å². The molecule has 150 valence electrons. The van der Waals surface area contributed by atoms with Gasteiger partial charge in [-0.05, 0) is 48.7 Å². The van der Waals surface area contributed by atoms with Gasteiger partial charge in [-0.1, -0.05) is 13.0 Å². The van der Waals surface area contributed by atoms with Crippen LogP contribution in [0.2, 0.25) is 0 Å². The van der Waals surface area contributed by atoms with Crippen molar-refractivity contribution < 1.29 is 9.59 Å². The van der Waals surface area contributed by atoms with Gasteiger partial charge in [0.1, 0.15) is 0 Å². The van der Waals surface area contributed by atoms with Gasteiger partial charge >= 0.3 is 0 Å². The first-order valence-corrected chi connectivity index (χ1v) is 10.7. The Labute approximate surface area is 170 Å². The van der Waals surface area contributed by atoms with E-state index in [0.717, 1.165) is 38.4 Å². The molecule has 1 aromatic heterocycles. The molecule has 1 aromatic carbocycles. The molecule has 28 heavy (non-hydrogen) atoms. The lowest BCUT2D eigenvalue weighted by Crippen LogP contribution is -2.46. The number of rotatable bonds is 8. The average Bonchev–Trinajstić information content (AvgIpc) is 3.27. The van der Waals surface area contributed by atoms with Crippen LogP contribution in [-0.4, -0.2) is 56.0 Å². The van der Waals surface area contributed by atoms with Gasteiger partial charge in [-0.15, -0.1) is 11.3 Å². The Hall–Kier alpha value is -2.38. The summed E-state index contributed by atoms with van der Waals surface area (Å²) in [5.41, 5.74) is 2.01. The smallest absolute Gasteiger partial charge is 0.261 e. The first kappa shape index (κ1) is 20.4. The van der Waals surface area contributed by atoms with Gasteiger partial charge in [-0.25, -0.2) is 0 Å². The predicted octanol–water partition coefficient (Wildman–Crippen LogP) is 3.04. The number of carbonyl (C=O) groups is 2. The number of carbonyl (C=O) groups excluding carboxylic acids is 2. The van der Waals surface area contributed by atoms with Crippen LogP contribution < -0.4 is 15.5 Å². The monoisotopic (exact) mass is 400 g/mol. The van der Waals surface area contributed by atoms with Crippen molar-refractivity contribution in [3.05, 3.63) is 46.7 Å². The Kier molecular flexibility index (Phi) is 7.45. The van der Waals surface area contributed by atoms with Crippen LogP contribution in [0.4, 0.5) is 11.4 Å². The third-order valence-corrected chi connectivity index (χ3v) is 5.82. The van der Waals surface area contributed by atoms with Crippen molar-refractivity contribution in [1.29, 1.82) is 0 Å². The number of nitrogens with zero attached hydrogens (tertiary/aromatic N) is 2. The van der Waals surface area contributed by atoms with Crippen molar-refractivity contribution in [3.63, 3.8) is 0 Å². The van der Waals surface area contributed by atoms with Crippen LogP contribution in [0.25, 0.3) is 0 Å². The van der Waals surface area contributed by atoms with Gasteiger partial charge in [-0.2, -0.15) is 0 Å². The number of amides is 2. The Balaban J connectivity index is 1.36. The summed E-state index contributed by atoms with van der Waals surface area (Å²) in [7, 11) is 0. The summed E-state index contributed by atoms with van der Waals surface area (Å²) in [6.45, 7) is 8.07. The van der Waals surface area contributed by atoms with E-state index in [-0.39, 0.29) is 11.8 Å². The average molecular weight is 401 g/mol. The minimum absolute atomic E-state index is 0.0327. The summed E-state index contributed by atoms with van der Waals surface area (Å²) < 4.78 is 0. The molecule has 7 heteroatoms. The minimum Gasteiger partial charge on any atom is -0.369 e. The largest absolute Gasteiger partial charge is 0.369 e. The minimum atomic E-state index is -0.0780. The predicted molar refractivity (Wildman–Crippen MR) is 115 cm³/mol. The fourth-order valence-electron chi connectivity index (χ4n) is 3.25. The highest BCUT2D eigenvalue weighted by molar-refractivity contribution is 7.12. The molecule has 1 saturated heterocycles. The van der Waals surface area contributed by atoms with E-state index in [1.165, 1.54) is 17.0 Å². The molecule has 0 spiro atoms. The van der Waals surface area contributed by atoms with Crippen molar-refractivity contribution in [2.45, 2.75) is 19.8 Å². The van der Waals surface area contributed by atoms with Crippen LogP contribution in [0.15, 0.2) is 41.8 Å². The zero-order chi connectivity index (χ0) is 19.8. The Morgan fingerprint density at radius 1 is 1.07 bits per heavy atom. The van der Waals surface area contributed by atoms with E-state index in [0.29, 0.717) is 24.3 Å². The second kappa shape index (κ2) is 10.2. The molecule has 0 unspecified atom stereocenters. The normalized spacial score (nSPS) is 14.7. The molecule has 0 saturated carbocycles. The Morgan fingerprint density at radius 2 is 1.82 bits per heavy atom. The molecule has 0 radical (unpaired) electrons. The Morgan fingerprint density at radius 3 is 2.46 bits per heavy atom. The van der Waals surface area contributed by atoms with E-state index in [1.807, 2.05) is 23.6 Å². The van der Waals surface area contributed by atoms with Gasteiger partial charge in [-0.3, -0.25) is 9.59 Å². The summed E-state index contributed by atoms with van der Waals surface area (Å²) in [6, 6.07) is 11.7. The number of hydrogen-bond donors (Lipinski definition) is 2. The van der Waals surface area contributed by atoms with Crippen LogP contribution in [-0.2, 0) is 4.79 Å². The molecule has 0 aliphatic carbocycles. The van der Waals surface area contributed by atoms with E-state index >= 15 is 0 Å². The molecule has 2 aromatic rings. The van der Waals surface area contributed by atoms with Crippen LogP contribution in [0.1, 0.15) is 29.4 Å². The first-order chi connectivity index (χ1) is 13.7. The highest BCUT2D eigenvalue weighted by Crippen LogP contribution is 2.19. The van der Waals surface area contributed by atoms with Crippen LogP contribution >= 0.6 is 11.3 Å². The highest BCUT2D eigenvalue weighted by Gasteiger charge is 2.15. The fraction of sp³-hybridized carbons (Fsp3) is 0.429. The number of piperazine rings is 1. The summed E-state index contributed by atoms with van der Waals surface area (Å²) in [5.74, 6) is -0.111. The van der Waals surface area contributed by atoms with Crippen molar-refractivity contribution in [2.24, 2.45) is 0 Å². The molecular formula is C21H28N4O2S. The number of benzene rings is 1. The number of likely N-dealkylation sites (N-methyl/N-ethyl adjacent to an activating group) is 1. The van der Waals surface area contributed by atoms with Crippen molar-refractivity contribution in [3.8, 4) is 0 Å². The lowest BCUT2D eigenvalue weighted by molar-refractivity contribution is -0.116. The molecule has 3 rings (SSSR count). The molecular weight excluding hydrogens is 372 g/mol. The molecule has 2 N–H and O–H groups in total. The summed E-state index contributed by atoms with van der Waals surface area (Å²) in [5, 5.41) is 7.64. The molecule has 1 aliphatic heterocycles.